The number of fused-ring (bicyclic) bond motifs is 1. The molecule has 0 radical (unpaired) electrons. The van der Waals surface area contributed by atoms with E-state index >= 15 is 0 Å². The van der Waals surface area contributed by atoms with Crippen molar-refractivity contribution in [1.82, 2.24) is 4.98 Å². The van der Waals surface area contributed by atoms with Gasteiger partial charge < -0.3 is 5.11 Å². The lowest BCUT2D eigenvalue weighted by Gasteiger charge is -2.12. The summed E-state index contributed by atoms with van der Waals surface area (Å²) in [6, 6.07) is 7.52. The summed E-state index contributed by atoms with van der Waals surface area (Å²) < 4.78 is 41.3. The van der Waals surface area contributed by atoms with E-state index in [-0.39, 0.29) is 32.1 Å². The molecule has 0 atom stereocenters. The van der Waals surface area contributed by atoms with E-state index in [1.165, 1.54) is 36.7 Å². The minimum Gasteiger partial charge on any atom is -0.508 e. The summed E-state index contributed by atoms with van der Waals surface area (Å²) >= 11 is 5.93. The van der Waals surface area contributed by atoms with Crippen LogP contribution in [0.1, 0.15) is 0 Å². The van der Waals surface area contributed by atoms with Crippen LogP contribution in [0.3, 0.4) is 0 Å². The average molecular weight is 353 g/mol. The number of aromatic hydroxyl groups is 1. The van der Waals surface area contributed by atoms with Crippen LogP contribution in [-0.4, -0.2) is 18.5 Å². The van der Waals surface area contributed by atoms with Gasteiger partial charge in [-0.3, -0.25) is 9.71 Å². The first kappa shape index (κ1) is 15.5. The summed E-state index contributed by atoms with van der Waals surface area (Å²) in [6.07, 6.45) is 2.63. The lowest BCUT2D eigenvalue weighted by molar-refractivity contribution is 0.475. The van der Waals surface area contributed by atoms with Gasteiger partial charge in [0.15, 0.2) is 0 Å². The highest BCUT2D eigenvalue weighted by Gasteiger charge is 2.20. The smallest absolute Gasteiger partial charge is 0.262 e. The first-order valence-electron chi connectivity index (χ1n) is 6.42. The van der Waals surface area contributed by atoms with Crippen LogP contribution in [0.25, 0.3) is 10.8 Å². The fourth-order valence-electron chi connectivity index (χ4n) is 2.15. The molecule has 0 bridgehead atoms. The Morgan fingerprint density at radius 1 is 1.13 bits per heavy atom. The summed E-state index contributed by atoms with van der Waals surface area (Å²) in [7, 11) is -4.04. The highest BCUT2D eigenvalue weighted by molar-refractivity contribution is 7.93. The van der Waals surface area contributed by atoms with Gasteiger partial charge in [-0.2, -0.15) is 0 Å². The standard InChI is InChI=1S/C15H10ClFN2O3S/c16-12-2-1-9(20)7-14(12)19-23(21,22)15-4-3-13(17)11-8-18-6-5-10(11)15/h1-8,19-20H. The molecule has 5 nitrogen and oxygen atoms in total. The summed E-state index contributed by atoms with van der Waals surface area (Å²) in [5, 5.41) is 9.88. The number of hydrogen-bond donors (Lipinski definition) is 2. The van der Waals surface area contributed by atoms with Crippen molar-refractivity contribution in [3.63, 3.8) is 0 Å². The topological polar surface area (TPSA) is 79.3 Å². The van der Waals surface area contributed by atoms with E-state index in [0.29, 0.717) is 0 Å². The molecule has 0 aliphatic carbocycles. The Bertz CT molecular complexity index is 1010. The number of halogens is 2. The van der Waals surface area contributed by atoms with E-state index in [9.17, 15) is 17.9 Å². The molecule has 2 N–H and O–H groups in total. The summed E-state index contributed by atoms with van der Waals surface area (Å²) in [5.74, 6) is -0.706. The molecule has 0 saturated heterocycles. The van der Waals surface area contributed by atoms with E-state index in [1.807, 2.05) is 0 Å². The van der Waals surface area contributed by atoms with Gasteiger partial charge in [0, 0.05) is 29.2 Å². The fourth-order valence-corrected chi connectivity index (χ4v) is 3.66. The Hall–Kier alpha value is -2.38. The number of phenolic OH excluding ortho intramolecular Hbond substituents is 1. The summed E-state index contributed by atoms with van der Waals surface area (Å²) in [5.41, 5.74) is 0.0261. The van der Waals surface area contributed by atoms with Gasteiger partial charge in [-0.25, -0.2) is 12.8 Å². The first-order valence-corrected chi connectivity index (χ1v) is 8.28. The molecule has 8 heteroatoms. The van der Waals surface area contributed by atoms with Gasteiger partial charge in [-0.05, 0) is 30.3 Å². The van der Waals surface area contributed by atoms with E-state index in [0.717, 1.165) is 12.1 Å². The second-order valence-electron chi connectivity index (χ2n) is 4.74. The Morgan fingerprint density at radius 2 is 1.91 bits per heavy atom. The van der Waals surface area contributed by atoms with Gasteiger partial charge in [-0.1, -0.05) is 11.6 Å². The van der Waals surface area contributed by atoms with Crippen molar-refractivity contribution in [2.75, 3.05) is 4.72 Å². The molecule has 3 rings (SSSR count). The molecule has 0 amide bonds. The number of nitrogens with zero attached hydrogens (tertiary/aromatic N) is 1. The lowest BCUT2D eigenvalue weighted by atomic mass is 10.2. The molecular weight excluding hydrogens is 343 g/mol. The van der Waals surface area contributed by atoms with Crippen LogP contribution in [0.15, 0.2) is 53.7 Å². The van der Waals surface area contributed by atoms with Gasteiger partial charge in [-0.15, -0.1) is 0 Å². The van der Waals surface area contributed by atoms with E-state index in [1.54, 1.807) is 0 Å². The molecule has 0 aliphatic heterocycles. The molecule has 23 heavy (non-hydrogen) atoms. The molecule has 1 heterocycles. The molecule has 1 aromatic heterocycles. The summed E-state index contributed by atoms with van der Waals surface area (Å²) in [4.78, 5) is 3.68. The second kappa shape index (κ2) is 5.68. The molecule has 3 aromatic rings. The maximum atomic E-state index is 13.8. The van der Waals surface area contributed by atoms with Crippen LogP contribution in [0.5, 0.6) is 5.75 Å². The number of hydrogen-bond acceptors (Lipinski definition) is 4. The van der Waals surface area contributed by atoms with Crippen molar-refractivity contribution in [2.45, 2.75) is 4.90 Å². The first-order chi connectivity index (χ1) is 10.9. The number of anilines is 1. The molecule has 0 aliphatic rings. The van der Waals surface area contributed by atoms with Crippen LogP contribution in [0.4, 0.5) is 10.1 Å². The zero-order valence-electron chi connectivity index (χ0n) is 11.5. The monoisotopic (exact) mass is 352 g/mol. The molecule has 0 unspecified atom stereocenters. The van der Waals surface area contributed by atoms with Crippen LogP contribution >= 0.6 is 11.6 Å². The van der Waals surface area contributed by atoms with Gasteiger partial charge in [0.25, 0.3) is 10.0 Å². The number of pyridine rings is 1. The van der Waals surface area contributed by atoms with Crippen LogP contribution in [0.2, 0.25) is 5.02 Å². The second-order valence-corrected chi connectivity index (χ2v) is 6.79. The van der Waals surface area contributed by atoms with E-state index < -0.39 is 15.8 Å². The molecule has 0 spiro atoms. The van der Waals surface area contributed by atoms with Crippen molar-refractivity contribution < 1.29 is 17.9 Å². The van der Waals surface area contributed by atoms with Crippen LogP contribution in [-0.2, 0) is 10.0 Å². The SMILES string of the molecule is O=S(=O)(Nc1cc(O)ccc1Cl)c1ccc(F)c2cnccc12. The zero-order chi connectivity index (χ0) is 16.6. The van der Waals surface area contributed by atoms with E-state index in [2.05, 4.69) is 9.71 Å². The number of rotatable bonds is 3. The van der Waals surface area contributed by atoms with Gasteiger partial charge >= 0.3 is 0 Å². The van der Waals surface area contributed by atoms with Crippen molar-refractivity contribution >= 4 is 38.1 Å². The third-order valence-corrected chi connectivity index (χ3v) is 4.96. The number of aromatic nitrogens is 1. The Balaban J connectivity index is 2.14. The zero-order valence-corrected chi connectivity index (χ0v) is 13.1. The Morgan fingerprint density at radius 3 is 2.70 bits per heavy atom. The third-order valence-electron chi connectivity index (χ3n) is 3.21. The number of phenols is 1. The van der Waals surface area contributed by atoms with Crippen LogP contribution in [0, 0.1) is 5.82 Å². The highest BCUT2D eigenvalue weighted by Crippen LogP contribution is 2.30. The Kier molecular flexibility index (Phi) is 3.83. The molecule has 2 aromatic carbocycles. The quantitative estimate of drug-likeness (QED) is 0.755. The van der Waals surface area contributed by atoms with Crippen LogP contribution < -0.4 is 4.72 Å². The minimum atomic E-state index is -4.04. The molecule has 0 saturated carbocycles. The molecule has 118 valence electrons. The van der Waals surface area contributed by atoms with Crippen molar-refractivity contribution in [3.05, 3.63) is 59.6 Å². The summed E-state index contributed by atoms with van der Waals surface area (Å²) in [6.45, 7) is 0. The number of sulfonamides is 1. The largest absolute Gasteiger partial charge is 0.508 e. The van der Waals surface area contributed by atoms with E-state index in [4.69, 9.17) is 11.6 Å². The van der Waals surface area contributed by atoms with Crippen molar-refractivity contribution in [2.24, 2.45) is 0 Å². The van der Waals surface area contributed by atoms with Gasteiger partial charge in [0.05, 0.1) is 15.6 Å². The maximum absolute atomic E-state index is 13.8. The molecule has 0 fully saturated rings. The number of nitrogens with one attached hydrogen (secondary N) is 1. The third kappa shape index (κ3) is 2.93. The Labute approximate surface area is 136 Å². The average Bonchev–Trinajstić information content (AvgIpc) is 2.51. The van der Waals surface area contributed by atoms with Gasteiger partial charge in [0.2, 0.25) is 0 Å². The van der Waals surface area contributed by atoms with Crippen molar-refractivity contribution in [3.8, 4) is 5.75 Å². The predicted octanol–water partition coefficient (Wildman–Crippen LogP) is 3.53. The minimum absolute atomic E-state index is 0.0261. The maximum Gasteiger partial charge on any atom is 0.262 e. The number of benzene rings is 2. The molecular formula is C15H10ClFN2O3S. The predicted molar refractivity (Wildman–Crippen MR) is 85.6 cm³/mol. The fraction of sp³-hybridized carbons (Fsp3) is 0. The highest BCUT2D eigenvalue weighted by atomic mass is 35.5. The lowest BCUT2D eigenvalue weighted by Crippen LogP contribution is -2.14. The normalized spacial score (nSPS) is 11.6. The van der Waals surface area contributed by atoms with Gasteiger partial charge in [0.1, 0.15) is 11.6 Å². The van der Waals surface area contributed by atoms with Crippen molar-refractivity contribution in [1.29, 1.82) is 0 Å².